The number of carbonyl (C=O) groups excluding carboxylic acids is 1. The molecular weight excluding hydrogens is 240 g/mol. The lowest BCUT2D eigenvalue weighted by Crippen LogP contribution is -2.13. The summed E-state index contributed by atoms with van der Waals surface area (Å²) in [5, 5.41) is 26.3. The fourth-order valence-electron chi connectivity index (χ4n) is 1.47. The quantitative estimate of drug-likeness (QED) is 0.620. The van der Waals surface area contributed by atoms with Gasteiger partial charge in [0.15, 0.2) is 0 Å². The Labute approximate surface area is 103 Å². The fourth-order valence-corrected chi connectivity index (χ4v) is 1.47. The summed E-state index contributed by atoms with van der Waals surface area (Å²) in [6.45, 7) is -0.615. The first-order valence-corrected chi connectivity index (χ1v) is 5.35. The first-order chi connectivity index (χ1) is 8.60. The van der Waals surface area contributed by atoms with Crippen molar-refractivity contribution >= 4 is 11.9 Å². The largest absolute Gasteiger partial charge is 0.478 e. The van der Waals surface area contributed by atoms with Crippen molar-refractivity contribution in [1.29, 1.82) is 0 Å². The molecule has 0 heterocycles. The van der Waals surface area contributed by atoms with Crippen LogP contribution in [0.2, 0.25) is 0 Å². The first-order valence-electron chi connectivity index (χ1n) is 5.35. The van der Waals surface area contributed by atoms with E-state index >= 15 is 0 Å². The van der Waals surface area contributed by atoms with Gasteiger partial charge < -0.3 is 20.1 Å². The predicted molar refractivity (Wildman–Crippen MR) is 61.6 cm³/mol. The van der Waals surface area contributed by atoms with E-state index in [1.807, 2.05) is 0 Å². The Hall–Kier alpha value is -1.92. The van der Waals surface area contributed by atoms with Gasteiger partial charge in [0.2, 0.25) is 0 Å². The summed E-state index contributed by atoms with van der Waals surface area (Å²) in [4.78, 5) is 22.4. The molecule has 3 N–H and O–H groups in total. The summed E-state index contributed by atoms with van der Waals surface area (Å²) in [5.41, 5.74) is 0.639. The van der Waals surface area contributed by atoms with Crippen molar-refractivity contribution in [1.82, 2.24) is 0 Å². The smallest absolute Gasteiger partial charge is 0.338 e. The van der Waals surface area contributed by atoms with Gasteiger partial charge in [0.05, 0.1) is 17.7 Å². The van der Waals surface area contributed by atoms with Gasteiger partial charge in [-0.15, -0.1) is 0 Å². The van der Waals surface area contributed by atoms with Crippen molar-refractivity contribution in [3.8, 4) is 0 Å². The Morgan fingerprint density at radius 2 is 1.89 bits per heavy atom. The predicted octanol–water partition coefficient (Wildman–Crippen LogP) is 0.0687. The molecule has 1 rings (SSSR count). The number of hydrogen-bond donors (Lipinski definition) is 3. The van der Waals surface area contributed by atoms with E-state index in [1.165, 1.54) is 18.2 Å². The number of aliphatic hydroxyl groups is 2. The van der Waals surface area contributed by atoms with E-state index < -0.39 is 11.9 Å². The molecule has 0 spiro atoms. The minimum absolute atomic E-state index is 0.0390. The fraction of sp³-hybridized carbons (Fsp3) is 0.333. The molecule has 0 aromatic heterocycles. The zero-order chi connectivity index (χ0) is 13.5. The summed E-state index contributed by atoms with van der Waals surface area (Å²) in [7, 11) is 0. The SMILES string of the molecule is O=C(O)c1ccc(C(=O)OCCO)c(CCO)c1. The Balaban J connectivity index is 3.02. The maximum atomic E-state index is 11.6. The maximum Gasteiger partial charge on any atom is 0.338 e. The summed E-state index contributed by atoms with van der Waals surface area (Å²) >= 11 is 0. The molecule has 0 saturated carbocycles. The van der Waals surface area contributed by atoms with Crippen LogP contribution in [0.25, 0.3) is 0 Å². The summed E-state index contributed by atoms with van der Waals surface area (Å²) in [5.74, 6) is -1.76. The second kappa shape index (κ2) is 6.73. The van der Waals surface area contributed by atoms with E-state index in [1.54, 1.807) is 0 Å². The number of benzene rings is 1. The van der Waals surface area contributed by atoms with Crippen LogP contribution < -0.4 is 0 Å². The van der Waals surface area contributed by atoms with Crippen LogP contribution in [0.15, 0.2) is 18.2 Å². The zero-order valence-electron chi connectivity index (χ0n) is 9.63. The van der Waals surface area contributed by atoms with Gasteiger partial charge in [0.1, 0.15) is 6.61 Å². The molecule has 1 aromatic rings. The third-order valence-electron chi connectivity index (χ3n) is 2.28. The highest BCUT2D eigenvalue weighted by Crippen LogP contribution is 2.14. The molecule has 98 valence electrons. The molecule has 0 atom stereocenters. The lowest BCUT2D eigenvalue weighted by atomic mass is 10.0. The van der Waals surface area contributed by atoms with Crippen molar-refractivity contribution in [2.75, 3.05) is 19.8 Å². The van der Waals surface area contributed by atoms with E-state index in [2.05, 4.69) is 0 Å². The second-order valence-corrected chi connectivity index (χ2v) is 3.51. The summed E-state index contributed by atoms with van der Waals surface area (Å²) in [6, 6.07) is 3.96. The molecule has 1 aromatic carbocycles. The van der Waals surface area contributed by atoms with Gasteiger partial charge in [-0.25, -0.2) is 9.59 Å². The standard InChI is InChI=1S/C12H14O6/c13-4-3-8-7-9(11(15)16)1-2-10(8)12(17)18-6-5-14/h1-2,7,13-14H,3-6H2,(H,15,16). The van der Waals surface area contributed by atoms with Crippen molar-refractivity contribution in [3.63, 3.8) is 0 Å². The Kier molecular flexibility index (Phi) is 5.29. The molecule has 0 bridgehead atoms. The number of aromatic carboxylic acids is 1. The van der Waals surface area contributed by atoms with E-state index in [-0.39, 0.29) is 37.4 Å². The molecule has 0 aliphatic rings. The molecular formula is C12H14O6. The Morgan fingerprint density at radius 1 is 1.17 bits per heavy atom. The molecule has 0 amide bonds. The van der Waals surface area contributed by atoms with Crippen molar-refractivity contribution in [2.45, 2.75) is 6.42 Å². The lowest BCUT2D eigenvalue weighted by molar-refractivity contribution is 0.0431. The van der Waals surface area contributed by atoms with Crippen LogP contribution in [0.1, 0.15) is 26.3 Å². The summed E-state index contributed by atoms with van der Waals surface area (Å²) in [6.07, 6.45) is 0.157. The average Bonchev–Trinajstić information content (AvgIpc) is 2.36. The second-order valence-electron chi connectivity index (χ2n) is 3.51. The average molecular weight is 254 g/mol. The molecule has 0 fully saturated rings. The highest BCUT2D eigenvalue weighted by atomic mass is 16.5. The first kappa shape index (κ1) is 14.1. The van der Waals surface area contributed by atoms with Crippen LogP contribution in [-0.2, 0) is 11.2 Å². The third kappa shape index (κ3) is 3.54. The molecule has 0 aliphatic heterocycles. The van der Waals surface area contributed by atoms with Crippen molar-refractivity contribution in [3.05, 3.63) is 34.9 Å². The number of hydrogen-bond acceptors (Lipinski definition) is 5. The monoisotopic (exact) mass is 254 g/mol. The lowest BCUT2D eigenvalue weighted by Gasteiger charge is -2.09. The van der Waals surface area contributed by atoms with Gasteiger partial charge in [-0.1, -0.05) is 0 Å². The molecule has 0 radical (unpaired) electrons. The minimum atomic E-state index is -1.11. The van der Waals surface area contributed by atoms with Crippen LogP contribution in [0.4, 0.5) is 0 Å². The number of carbonyl (C=O) groups is 2. The number of aliphatic hydroxyl groups excluding tert-OH is 2. The number of carboxylic acids is 1. The minimum Gasteiger partial charge on any atom is -0.478 e. The molecule has 18 heavy (non-hydrogen) atoms. The Bertz CT molecular complexity index is 440. The van der Waals surface area contributed by atoms with Crippen LogP contribution >= 0.6 is 0 Å². The van der Waals surface area contributed by atoms with Gasteiger partial charge >= 0.3 is 11.9 Å². The van der Waals surface area contributed by atoms with Crippen molar-refractivity contribution < 1.29 is 29.6 Å². The van der Waals surface area contributed by atoms with Crippen LogP contribution in [0, 0.1) is 0 Å². The summed E-state index contributed by atoms with van der Waals surface area (Å²) < 4.78 is 4.75. The number of carboxylic acid groups (broad SMARTS) is 1. The van der Waals surface area contributed by atoms with Gasteiger partial charge in [-0.05, 0) is 30.2 Å². The molecule has 6 heteroatoms. The van der Waals surface area contributed by atoms with Crippen LogP contribution in [0.3, 0.4) is 0 Å². The molecule has 0 unspecified atom stereocenters. The van der Waals surface area contributed by atoms with Crippen molar-refractivity contribution in [2.24, 2.45) is 0 Å². The highest BCUT2D eigenvalue weighted by Gasteiger charge is 2.15. The van der Waals surface area contributed by atoms with E-state index in [0.717, 1.165) is 0 Å². The number of ether oxygens (including phenoxy) is 1. The number of rotatable bonds is 6. The highest BCUT2D eigenvalue weighted by molar-refractivity contribution is 5.94. The number of esters is 1. The third-order valence-corrected chi connectivity index (χ3v) is 2.28. The zero-order valence-corrected chi connectivity index (χ0v) is 9.63. The normalized spacial score (nSPS) is 10.1. The van der Waals surface area contributed by atoms with E-state index in [0.29, 0.717) is 5.56 Å². The van der Waals surface area contributed by atoms with Gasteiger partial charge in [0.25, 0.3) is 0 Å². The van der Waals surface area contributed by atoms with Crippen LogP contribution in [-0.4, -0.2) is 47.1 Å². The van der Waals surface area contributed by atoms with E-state index in [9.17, 15) is 9.59 Å². The molecule has 0 aliphatic carbocycles. The van der Waals surface area contributed by atoms with Gasteiger partial charge in [-0.3, -0.25) is 0 Å². The molecule has 0 saturated heterocycles. The van der Waals surface area contributed by atoms with Crippen LogP contribution in [0.5, 0.6) is 0 Å². The topological polar surface area (TPSA) is 104 Å². The van der Waals surface area contributed by atoms with E-state index in [4.69, 9.17) is 20.1 Å². The van der Waals surface area contributed by atoms with Gasteiger partial charge in [0, 0.05) is 6.61 Å². The maximum absolute atomic E-state index is 11.6. The van der Waals surface area contributed by atoms with Gasteiger partial charge in [-0.2, -0.15) is 0 Å². The Morgan fingerprint density at radius 3 is 2.44 bits per heavy atom. The molecule has 6 nitrogen and oxygen atoms in total.